The Bertz CT molecular complexity index is 1310. The fourth-order valence-corrected chi connectivity index (χ4v) is 4.55. The van der Waals surface area contributed by atoms with Gasteiger partial charge in [0.1, 0.15) is 17.6 Å². The molecule has 3 aromatic carbocycles. The number of hydrogen-bond acceptors (Lipinski definition) is 5. The number of amides is 2. The number of nitrogens with zero attached hydrogens (tertiary/aromatic N) is 1. The van der Waals surface area contributed by atoms with E-state index in [1.807, 2.05) is 44.2 Å². The van der Waals surface area contributed by atoms with Gasteiger partial charge in [0.15, 0.2) is 6.61 Å². The highest BCUT2D eigenvalue weighted by molar-refractivity contribution is 7.92. The van der Waals surface area contributed by atoms with Crippen LogP contribution < -0.4 is 14.8 Å². The van der Waals surface area contributed by atoms with Crippen molar-refractivity contribution in [3.8, 4) is 5.75 Å². The fourth-order valence-electron chi connectivity index (χ4n) is 3.49. The summed E-state index contributed by atoms with van der Waals surface area (Å²) in [6.45, 7) is 6.03. The Morgan fingerprint density at radius 1 is 0.921 bits per heavy atom. The second-order valence-corrected chi connectivity index (χ2v) is 10.9. The van der Waals surface area contributed by atoms with Crippen LogP contribution in [0.15, 0.2) is 83.8 Å². The van der Waals surface area contributed by atoms with Gasteiger partial charge in [0.2, 0.25) is 5.91 Å². The largest absolute Gasteiger partial charge is 0.484 e. The molecule has 0 radical (unpaired) electrons. The summed E-state index contributed by atoms with van der Waals surface area (Å²) in [5.41, 5.74) is 1.09. The predicted octanol–water partition coefficient (Wildman–Crippen LogP) is 4.19. The van der Waals surface area contributed by atoms with Crippen LogP contribution in [0.25, 0.3) is 0 Å². The molecule has 0 bridgehead atoms. The maximum absolute atomic E-state index is 13.1. The summed E-state index contributed by atoms with van der Waals surface area (Å²) in [7, 11) is -3.90. The summed E-state index contributed by atoms with van der Waals surface area (Å²) in [4.78, 5) is 27.3. The van der Waals surface area contributed by atoms with Crippen molar-refractivity contribution in [1.82, 2.24) is 10.2 Å². The lowest BCUT2D eigenvalue weighted by Crippen LogP contribution is -2.49. The van der Waals surface area contributed by atoms with E-state index >= 15 is 0 Å². The Balaban J connectivity index is 1.66. The summed E-state index contributed by atoms with van der Waals surface area (Å²) in [5.74, 6) is -0.570. The standard InChI is InChI=1S/C28H32FN3O5S/c1-20(2)17-30-28(34)21(3)32(18-22-7-5-4-6-8-22)27(33)19-37-25-13-15-26(16-14-25)38(35,36)31-24-11-9-23(29)10-12-24/h4-16,20-21,31H,17-19H2,1-3H3,(H,30,34). The van der Waals surface area contributed by atoms with E-state index in [0.29, 0.717) is 6.54 Å². The number of halogens is 1. The van der Waals surface area contributed by atoms with Gasteiger partial charge in [-0.05, 0) is 66.9 Å². The maximum atomic E-state index is 13.1. The molecule has 0 aliphatic carbocycles. The zero-order chi connectivity index (χ0) is 27.7. The summed E-state index contributed by atoms with van der Waals surface area (Å²) in [6, 6.07) is 19.1. The number of hydrogen-bond donors (Lipinski definition) is 2. The molecule has 8 nitrogen and oxygen atoms in total. The van der Waals surface area contributed by atoms with Crippen LogP contribution in [0, 0.1) is 11.7 Å². The number of nitrogens with one attached hydrogen (secondary N) is 2. The molecule has 0 fully saturated rings. The molecule has 0 aliphatic rings. The van der Waals surface area contributed by atoms with Crippen LogP contribution in [0.3, 0.4) is 0 Å². The molecule has 2 amide bonds. The van der Waals surface area contributed by atoms with E-state index < -0.39 is 27.8 Å². The Kier molecular flexibility index (Phi) is 9.84. The van der Waals surface area contributed by atoms with Gasteiger partial charge in [-0.2, -0.15) is 0 Å². The summed E-state index contributed by atoms with van der Waals surface area (Å²) in [5, 5.41) is 2.86. The van der Waals surface area contributed by atoms with Crippen LogP contribution in [-0.4, -0.2) is 44.3 Å². The van der Waals surface area contributed by atoms with E-state index in [4.69, 9.17) is 4.74 Å². The highest BCUT2D eigenvalue weighted by atomic mass is 32.2. The highest BCUT2D eigenvalue weighted by Crippen LogP contribution is 2.20. The third-order valence-electron chi connectivity index (χ3n) is 5.64. The van der Waals surface area contributed by atoms with Crippen molar-refractivity contribution in [2.24, 2.45) is 5.92 Å². The van der Waals surface area contributed by atoms with Gasteiger partial charge < -0.3 is 15.0 Å². The molecule has 0 spiro atoms. The van der Waals surface area contributed by atoms with Crippen molar-refractivity contribution in [2.75, 3.05) is 17.9 Å². The number of ether oxygens (including phenoxy) is 1. The molecule has 202 valence electrons. The Morgan fingerprint density at radius 3 is 2.16 bits per heavy atom. The van der Waals surface area contributed by atoms with Crippen LogP contribution in [0.2, 0.25) is 0 Å². The molecule has 10 heteroatoms. The average molecular weight is 542 g/mol. The smallest absolute Gasteiger partial charge is 0.261 e. The first-order valence-corrected chi connectivity index (χ1v) is 13.7. The van der Waals surface area contributed by atoms with Crippen molar-refractivity contribution in [2.45, 2.75) is 38.3 Å². The van der Waals surface area contributed by atoms with Gasteiger partial charge in [0.25, 0.3) is 15.9 Å². The molecule has 1 atom stereocenters. The van der Waals surface area contributed by atoms with Crippen molar-refractivity contribution in [3.05, 3.63) is 90.2 Å². The van der Waals surface area contributed by atoms with Gasteiger partial charge in [-0.15, -0.1) is 0 Å². The first-order valence-electron chi connectivity index (χ1n) is 12.2. The van der Waals surface area contributed by atoms with Crippen molar-refractivity contribution in [1.29, 1.82) is 0 Å². The van der Waals surface area contributed by atoms with Gasteiger partial charge in [-0.1, -0.05) is 44.2 Å². The molecule has 0 heterocycles. The molecule has 3 aromatic rings. The minimum atomic E-state index is -3.90. The molecule has 0 aromatic heterocycles. The minimum absolute atomic E-state index is 0.0262. The van der Waals surface area contributed by atoms with Crippen LogP contribution in [0.5, 0.6) is 5.75 Å². The van der Waals surface area contributed by atoms with E-state index in [2.05, 4.69) is 10.0 Å². The fraction of sp³-hybridized carbons (Fsp3) is 0.286. The van der Waals surface area contributed by atoms with Crippen LogP contribution in [0.4, 0.5) is 10.1 Å². The Labute approximate surface area is 222 Å². The number of anilines is 1. The van der Waals surface area contributed by atoms with Crippen molar-refractivity contribution < 1.29 is 27.1 Å². The number of carbonyl (C=O) groups is 2. The molecule has 38 heavy (non-hydrogen) atoms. The van der Waals surface area contributed by atoms with Gasteiger partial charge in [-0.3, -0.25) is 14.3 Å². The maximum Gasteiger partial charge on any atom is 0.261 e. The number of benzene rings is 3. The highest BCUT2D eigenvalue weighted by Gasteiger charge is 2.26. The quantitative estimate of drug-likeness (QED) is 0.358. The summed E-state index contributed by atoms with van der Waals surface area (Å²) < 4.78 is 46.3. The lowest BCUT2D eigenvalue weighted by Gasteiger charge is -2.29. The third kappa shape index (κ3) is 8.31. The average Bonchev–Trinajstić information content (AvgIpc) is 2.90. The van der Waals surface area contributed by atoms with Gasteiger partial charge in [0.05, 0.1) is 4.90 Å². The molecule has 3 rings (SSSR count). The molecular formula is C28H32FN3O5S. The van der Waals surface area contributed by atoms with Gasteiger partial charge >= 0.3 is 0 Å². The van der Waals surface area contributed by atoms with Gasteiger partial charge in [-0.25, -0.2) is 12.8 Å². The zero-order valence-corrected chi connectivity index (χ0v) is 22.4. The van der Waals surface area contributed by atoms with Crippen molar-refractivity contribution >= 4 is 27.5 Å². The molecule has 0 saturated heterocycles. The Hall–Kier alpha value is -3.92. The lowest BCUT2D eigenvalue weighted by molar-refractivity contribution is -0.142. The van der Waals surface area contributed by atoms with E-state index in [0.717, 1.165) is 17.7 Å². The zero-order valence-electron chi connectivity index (χ0n) is 21.6. The van der Waals surface area contributed by atoms with Crippen LogP contribution in [-0.2, 0) is 26.2 Å². The SMILES string of the molecule is CC(C)CNC(=O)C(C)N(Cc1ccccc1)C(=O)COc1ccc(S(=O)(=O)Nc2ccc(F)cc2)cc1. The van der Waals surface area contributed by atoms with E-state index in [9.17, 15) is 22.4 Å². The summed E-state index contributed by atoms with van der Waals surface area (Å²) >= 11 is 0. The molecule has 2 N–H and O–H groups in total. The van der Waals surface area contributed by atoms with Crippen LogP contribution >= 0.6 is 0 Å². The van der Waals surface area contributed by atoms with Crippen molar-refractivity contribution in [3.63, 3.8) is 0 Å². The van der Waals surface area contributed by atoms with Crippen LogP contribution in [0.1, 0.15) is 26.3 Å². The molecule has 0 aliphatic heterocycles. The second kappa shape index (κ2) is 13.0. The number of rotatable bonds is 12. The molecule has 0 saturated carbocycles. The van der Waals surface area contributed by atoms with E-state index in [1.165, 1.54) is 41.3 Å². The monoisotopic (exact) mass is 541 g/mol. The second-order valence-electron chi connectivity index (χ2n) is 9.19. The minimum Gasteiger partial charge on any atom is -0.484 e. The Morgan fingerprint density at radius 2 is 1.55 bits per heavy atom. The number of carbonyl (C=O) groups excluding carboxylic acids is 2. The predicted molar refractivity (Wildman–Crippen MR) is 143 cm³/mol. The third-order valence-corrected chi connectivity index (χ3v) is 7.04. The first kappa shape index (κ1) is 28.6. The first-order chi connectivity index (χ1) is 18.0. The lowest BCUT2D eigenvalue weighted by atomic mass is 10.1. The number of sulfonamides is 1. The normalized spacial score (nSPS) is 12.0. The van der Waals surface area contributed by atoms with Gasteiger partial charge in [0, 0.05) is 18.8 Å². The van der Waals surface area contributed by atoms with E-state index in [-0.39, 0.29) is 41.3 Å². The molecule has 1 unspecified atom stereocenters. The van der Waals surface area contributed by atoms with E-state index in [1.54, 1.807) is 6.92 Å². The summed E-state index contributed by atoms with van der Waals surface area (Å²) in [6.07, 6.45) is 0. The topological polar surface area (TPSA) is 105 Å². The molecular weight excluding hydrogens is 509 g/mol.